The van der Waals surface area contributed by atoms with E-state index in [4.69, 9.17) is 4.52 Å². The third-order valence-electron chi connectivity index (χ3n) is 3.18. The van der Waals surface area contributed by atoms with E-state index in [9.17, 15) is 8.42 Å². The number of hydrogen-bond acceptors (Lipinski definition) is 5. The Morgan fingerprint density at radius 3 is 2.65 bits per heavy atom. The molecule has 0 saturated heterocycles. The summed E-state index contributed by atoms with van der Waals surface area (Å²) in [5.41, 5.74) is 0.788. The number of halogens is 1. The molecule has 0 aliphatic carbocycles. The molecule has 23 heavy (non-hydrogen) atoms. The Morgan fingerprint density at radius 2 is 2.00 bits per heavy atom. The first-order valence-corrected chi connectivity index (χ1v) is 8.93. The van der Waals surface area contributed by atoms with Crippen LogP contribution in [0, 0.1) is 0 Å². The number of hydrogen-bond donors (Lipinski definition) is 1. The molecule has 0 saturated carbocycles. The Labute approximate surface area is 141 Å². The minimum absolute atomic E-state index is 0.0736. The van der Waals surface area contributed by atoms with Crippen molar-refractivity contribution in [2.45, 2.75) is 11.4 Å². The Bertz CT molecular complexity index is 916. The van der Waals surface area contributed by atoms with Crippen molar-refractivity contribution in [2.75, 3.05) is 0 Å². The first-order valence-electron chi connectivity index (χ1n) is 6.65. The summed E-state index contributed by atoms with van der Waals surface area (Å²) in [6.45, 7) is -0.0736. The zero-order valence-electron chi connectivity index (χ0n) is 12.1. The van der Waals surface area contributed by atoms with E-state index in [2.05, 4.69) is 30.8 Å². The highest BCUT2D eigenvalue weighted by Crippen LogP contribution is 2.17. The highest BCUT2D eigenvalue weighted by atomic mass is 79.9. The first kappa shape index (κ1) is 15.9. The van der Waals surface area contributed by atoms with Crippen LogP contribution in [-0.2, 0) is 23.6 Å². The summed E-state index contributed by atoms with van der Waals surface area (Å²) in [6.07, 6.45) is 1.86. The summed E-state index contributed by atoms with van der Waals surface area (Å²) in [5.74, 6) is 0.609. The molecule has 0 unspecified atom stereocenters. The van der Waals surface area contributed by atoms with Crippen molar-refractivity contribution in [3.63, 3.8) is 0 Å². The van der Waals surface area contributed by atoms with Crippen LogP contribution in [0.15, 0.2) is 56.5 Å². The molecule has 0 amide bonds. The van der Waals surface area contributed by atoms with Gasteiger partial charge in [0.1, 0.15) is 0 Å². The van der Waals surface area contributed by atoms with E-state index in [1.165, 1.54) is 12.1 Å². The van der Waals surface area contributed by atoms with E-state index in [1.54, 1.807) is 12.1 Å². The van der Waals surface area contributed by atoms with Gasteiger partial charge in [0.25, 0.3) is 0 Å². The second kappa shape index (κ2) is 6.26. The lowest BCUT2D eigenvalue weighted by Gasteiger charge is -2.04. The van der Waals surface area contributed by atoms with E-state index in [0.717, 1.165) is 10.2 Å². The van der Waals surface area contributed by atoms with Gasteiger partial charge in [0.15, 0.2) is 0 Å². The van der Waals surface area contributed by atoms with Crippen LogP contribution >= 0.6 is 15.9 Å². The van der Waals surface area contributed by atoms with Crippen molar-refractivity contribution in [1.82, 2.24) is 19.4 Å². The molecule has 0 atom stereocenters. The topological polar surface area (TPSA) is 90.0 Å². The number of benzene rings is 1. The second-order valence-corrected chi connectivity index (χ2v) is 7.48. The number of nitrogens with zero attached hydrogens (tertiary/aromatic N) is 3. The Balaban J connectivity index is 1.72. The molecule has 2 heterocycles. The summed E-state index contributed by atoms with van der Waals surface area (Å²) in [6, 6.07) is 10.1. The maximum absolute atomic E-state index is 12.2. The van der Waals surface area contributed by atoms with E-state index in [1.807, 2.05) is 29.9 Å². The molecule has 9 heteroatoms. The smallest absolute Gasteiger partial charge is 0.242 e. The molecule has 0 spiro atoms. The molecule has 1 N–H and O–H groups in total. The van der Waals surface area contributed by atoms with Crippen molar-refractivity contribution in [3.05, 3.63) is 53.0 Å². The lowest BCUT2D eigenvalue weighted by Crippen LogP contribution is -2.23. The largest absolute Gasteiger partial charge is 0.348 e. The minimum atomic E-state index is -3.63. The summed E-state index contributed by atoms with van der Waals surface area (Å²) in [7, 11) is -1.77. The predicted molar refractivity (Wildman–Crippen MR) is 86.9 cm³/mol. The Kier molecular flexibility index (Phi) is 4.33. The van der Waals surface area contributed by atoms with Gasteiger partial charge in [-0.1, -0.05) is 21.1 Å². The molecule has 0 bridgehead atoms. The first-order chi connectivity index (χ1) is 11.0. The summed E-state index contributed by atoms with van der Waals surface area (Å²) in [4.78, 5) is 4.36. The maximum Gasteiger partial charge on any atom is 0.242 e. The van der Waals surface area contributed by atoms with Crippen LogP contribution in [0.2, 0.25) is 0 Å². The van der Waals surface area contributed by atoms with Crippen molar-refractivity contribution >= 4 is 26.0 Å². The van der Waals surface area contributed by atoms with Crippen LogP contribution in [0.1, 0.15) is 5.89 Å². The van der Waals surface area contributed by atoms with Crippen LogP contribution in [0.4, 0.5) is 0 Å². The average molecular weight is 397 g/mol. The normalized spacial score (nSPS) is 11.7. The molecule has 3 rings (SSSR count). The lowest BCUT2D eigenvalue weighted by molar-refractivity contribution is 0.375. The van der Waals surface area contributed by atoms with Gasteiger partial charge in [0.05, 0.1) is 17.1 Å². The summed E-state index contributed by atoms with van der Waals surface area (Å²) in [5, 5.41) is 3.86. The number of nitrogens with one attached hydrogen (secondary N) is 1. The minimum Gasteiger partial charge on any atom is -0.348 e. The highest BCUT2D eigenvalue weighted by molar-refractivity contribution is 9.10. The molecule has 2 aromatic heterocycles. The fraction of sp³-hybridized carbons (Fsp3) is 0.143. The van der Waals surface area contributed by atoms with Gasteiger partial charge in [-0.3, -0.25) is 0 Å². The van der Waals surface area contributed by atoms with Crippen LogP contribution < -0.4 is 4.72 Å². The summed E-state index contributed by atoms with van der Waals surface area (Å²) < 4.78 is 34.5. The van der Waals surface area contributed by atoms with E-state index in [-0.39, 0.29) is 17.3 Å². The summed E-state index contributed by atoms with van der Waals surface area (Å²) >= 11 is 3.26. The average Bonchev–Trinajstić information content (AvgIpc) is 3.14. The molecular formula is C14H13BrN4O3S. The molecule has 0 radical (unpaired) electrons. The standard InChI is InChI=1S/C14H13BrN4O3S/c1-19-8-2-3-12(19)14-17-13(22-18-14)9-16-23(20,21)11-6-4-10(15)5-7-11/h2-8,16H,9H2,1H3. The fourth-order valence-electron chi connectivity index (χ4n) is 1.98. The van der Waals surface area contributed by atoms with Gasteiger partial charge in [-0.05, 0) is 36.4 Å². The zero-order valence-corrected chi connectivity index (χ0v) is 14.5. The number of aromatic nitrogens is 3. The van der Waals surface area contributed by atoms with Crippen molar-refractivity contribution in [3.8, 4) is 11.5 Å². The van der Waals surface area contributed by atoms with E-state index in [0.29, 0.717) is 5.82 Å². The van der Waals surface area contributed by atoms with Gasteiger partial charge < -0.3 is 9.09 Å². The number of rotatable bonds is 5. The van der Waals surface area contributed by atoms with Gasteiger partial charge in [-0.15, -0.1) is 0 Å². The molecule has 0 aliphatic rings. The Morgan fingerprint density at radius 1 is 1.26 bits per heavy atom. The SMILES string of the molecule is Cn1cccc1-c1noc(CNS(=O)(=O)c2ccc(Br)cc2)n1. The van der Waals surface area contributed by atoms with Crippen molar-refractivity contribution in [2.24, 2.45) is 7.05 Å². The van der Waals surface area contributed by atoms with Crippen LogP contribution in [0.3, 0.4) is 0 Å². The fourth-order valence-corrected chi connectivity index (χ4v) is 3.22. The van der Waals surface area contributed by atoms with E-state index < -0.39 is 10.0 Å². The van der Waals surface area contributed by atoms with E-state index >= 15 is 0 Å². The van der Waals surface area contributed by atoms with Crippen LogP contribution in [0.5, 0.6) is 0 Å². The van der Waals surface area contributed by atoms with Gasteiger partial charge >= 0.3 is 0 Å². The van der Waals surface area contributed by atoms with Crippen molar-refractivity contribution in [1.29, 1.82) is 0 Å². The quantitative estimate of drug-likeness (QED) is 0.714. The molecule has 0 fully saturated rings. The van der Waals surface area contributed by atoms with Gasteiger partial charge in [-0.2, -0.15) is 4.98 Å². The second-order valence-electron chi connectivity index (χ2n) is 4.79. The third-order valence-corrected chi connectivity index (χ3v) is 5.12. The van der Waals surface area contributed by atoms with Gasteiger partial charge in [-0.25, -0.2) is 13.1 Å². The molecular weight excluding hydrogens is 384 g/mol. The van der Waals surface area contributed by atoms with Crippen LogP contribution in [-0.4, -0.2) is 23.1 Å². The molecule has 0 aliphatic heterocycles. The van der Waals surface area contributed by atoms with Gasteiger partial charge in [0.2, 0.25) is 21.7 Å². The zero-order chi connectivity index (χ0) is 16.4. The molecule has 3 aromatic rings. The highest BCUT2D eigenvalue weighted by Gasteiger charge is 2.16. The van der Waals surface area contributed by atoms with Crippen LogP contribution in [0.25, 0.3) is 11.5 Å². The lowest BCUT2D eigenvalue weighted by atomic mass is 10.4. The molecule has 1 aromatic carbocycles. The number of aryl methyl sites for hydroxylation is 1. The van der Waals surface area contributed by atoms with Crippen molar-refractivity contribution < 1.29 is 12.9 Å². The predicted octanol–water partition coefficient (Wildman–Crippen LogP) is 2.32. The molecule has 7 nitrogen and oxygen atoms in total. The number of sulfonamides is 1. The van der Waals surface area contributed by atoms with Gasteiger partial charge in [0, 0.05) is 17.7 Å². The molecule has 120 valence electrons. The third kappa shape index (κ3) is 3.52. The monoisotopic (exact) mass is 396 g/mol. The Hall–Kier alpha value is -1.97. The maximum atomic E-state index is 12.2.